The molecule has 0 unspecified atom stereocenters. The van der Waals surface area contributed by atoms with Crippen molar-refractivity contribution in [2.45, 2.75) is 25.4 Å². The number of amides is 2. The Balaban J connectivity index is 1.35. The van der Waals surface area contributed by atoms with Crippen LogP contribution in [0.1, 0.15) is 40.1 Å². The second-order valence-electron chi connectivity index (χ2n) is 8.44. The molecule has 1 N–H and O–H groups in total. The van der Waals surface area contributed by atoms with E-state index in [1.165, 1.54) is 12.4 Å². The number of carbonyl (C=O) groups excluding carboxylic acids is 2. The zero-order chi connectivity index (χ0) is 24.2. The van der Waals surface area contributed by atoms with E-state index in [1.54, 1.807) is 47.1 Å². The van der Waals surface area contributed by atoms with Crippen molar-refractivity contribution in [1.82, 2.24) is 24.6 Å². The van der Waals surface area contributed by atoms with Crippen LogP contribution in [0.25, 0.3) is 0 Å². The number of nitrogens with one attached hydrogen (secondary N) is 1. The minimum absolute atomic E-state index is 0.0164. The van der Waals surface area contributed by atoms with Crippen molar-refractivity contribution >= 4 is 17.6 Å². The second kappa shape index (κ2) is 10.1. The van der Waals surface area contributed by atoms with E-state index in [2.05, 4.69) is 20.4 Å². The highest BCUT2D eigenvalue weighted by atomic mass is 16.5. The van der Waals surface area contributed by atoms with Gasteiger partial charge in [-0.2, -0.15) is 5.10 Å². The van der Waals surface area contributed by atoms with Crippen LogP contribution < -0.4 is 14.8 Å². The number of benzene rings is 1. The Hall–Kier alpha value is -3.99. The van der Waals surface area contributed by atoms with Crippen LogP contribution in [-0.2, 0) is 11.8 Å². The number of hydrogen-bond donors (Lipinski definition) is 1. The van der Waals surface area contributed by atoms with Gasteiger partial charge in [0.1, 0.15) is 23.3 Å². The maximum absolute atomic E-state index is 12.9. The first kappa shape index (κ1) is 22.8. The zero-order valence-electron chi connectivity index (χ0n) is 19.3. The minimum Gasteiger partial charge on any atom is -0.490 e. The molecule has 11 nitrogen and oxygen atoms in total. The van der Waals surface area contributed by atoms with E-state index in [1.807, 2.05) is 0 Å². The molecular formula is C24H26N6O5. The zero-order valence-corrected chi connectivity index (χ0v) is 19.3. The number of ether oxygens (including phenoxy) is 3. The van der Waals surface area contributed by atoms with Crippen molar-refractivity contribution in [2.24, 2.45) is 7.05 Å². The van der Waals surface area contributed by atoms with Gasteiger partial charge in [0.15, 0.2) is 5.82 Å². The van der Waals surface area contributed by atoms with Gasteiger partial charge >= 0.3 is 0 Å². The summed E-state index contributed by atoms with van der Waals surface area (Å²) in [5.74, 6) is 0.992. The molecule has 0 atom stereocenters. The molecule has 0 radical (unpaired) electrons. The van der Waals surface area contributed by atoms with Gasteiger partial charge in [0.2, 0.25) is 5.88 Å². The first-order valence-electron chi connectivity index (χ1n) is 11.5. The first-order chi connectivity index (χ1) is 17.0. The number of hydrogen-bond acceptors (Lipinski definition) is 8. The summed E-state index contributed by atoms with van der Waals surface area (Å²) in [6.07, 6.45) is 7.04. The molecule has 2 saturated heterocycles. The van der Waals surface area contributed by atoms with Gasteiger partial charge in [-0.15, -0.1) is 0 Å². The summed E-state index contributed by atoms with van der Waals surface area (Å²) < 4.78 is 19.0. The lowest BCUT2D eigenvalue weighted by atomic mass is 10.1. The highest BCUT2D eigenvalue weighted by molar-refractivity contribution is 6.04. The van der Waals surface area contributed by atoms with Crippen molar-refractivity contribution < 1.29 is 23.8 Å². The van der Waals surface area contributed by atoms with E-state index in [4.69, 9.17) is 14.2 Å². The van der Waals surface area contributed by atoms with E-state index in [-0.39, 0.29) is 29.5 Å². The molecule has 2 aliphatic heterocycles. The fourth-order valence-electron chi connectivity index (χ4n) is 3.77. The lowest BCUT2D eigenvalue weighted by molar-refractivity contribution is 0.0254. The molecule has 0 saturated carbocycles. The molecule has 35 heavy (non-hydrogen) atoms. The average molecular weight is 479 g/mol. The van der Waals surface area contributed by atoms with Crippen molar-refractivity contribution in [2.75, 3.05) is 31.6 Å². The second-order valence-corrected chi connectivity index (χ2v) is 8.44. The van der Waals surface area contributed by atoms with Gasteiger partial charge in [0.05, 0.1) is 25.6 Å². The molecular weight excluding hydrogens is 452 g/mol. The van der Waals surface area contributed by atoms with Crippen LogP contribution in [0.15, 0.2) is 42.9 Å². The standard InChI is InChI=1S/C24H26N6O5/c1-29-8-3-21(28-29)27-23(31)16-11-18(34-17-4-9-33-10-5-17)13-19(12-16)35-22-15-25-20(14-26-22)24(32)30-6-2-7-30/h3,8,11-15,17H,2,4-7,9-10H2,1H3,(H,27,28,31). The summed E-state index contributed by atoms with van der Waals surface area (Å²) in [4.78, 5) is 35.4. The summed E-state index contributed by atoms with van der Waals surface area (Å²) >= 11 is 0. The van der Waals surface area contributed by atoms with Gasteiger partial charge < -0.3 is 24.4 Å². The summed E-state index contributed by atoms with van der Waals surface area (Å²) in [6, 6.07) is 6.67. The molecule has 2 fully saturated rings. The van der Waals surface area contributed by atoms with Gasteiger partial charge in [-0.3, -0.25) is 14.3 Å². The van der Waals surface area contributed by atoms with Crippen LogP contribution in [0.2, 0.25) is 0 Å². The maximum atomic E-state index is 12.9. The predicted molar refractivity (Wildman–Crippen MR) is 125 cm³/mol. The smallest absolute Gasteiger partial charge is 0.274 e. The lowest BCUT2D eigenvalue weighted by Gasteiger charge is -2.30. The summed E-state index contributed by atoms with van der Waals surface area (Å²) in [7, 11) is 1.77. The fraction of sp³-hybridized carbons (Fsp3) is 0.375. The van der Waals surface area contributed by atoms with Gasteiger partial charge in [0.25, 0.3) is 11.8 Å². The number of rotatable bonds is 7. The minimum atomic E-state index is -0.354. The monoisotopic (exact) mass is 478 g/mol. The number of likely N-dealkylation sites (tertiary alicyclic amines) is 1. The number of carbonyl (C=O) groups is 2. The van der Waals surface area contributed by atoms with Gasteiger partial charge in [-0.05, 0) is 18.6 Å². The largest absolute Gasteiger partial charge is 0.490 e. The van der Waals surface area contributed by atoms with Crippen molar-refractivity contribution in [3.05, 3.63) is 54.1 Å². The molecule has 11 heteroatoms. The summed E-state index contributed by atoms with van der Waals surface area (Å²) in [5.41, 5.74) is 0.608. The Morgan fingerprint density at radius 1 is 1.09 bits per heavy atom. The topological polar surface area (TPSA) is 121 Å². The molecule has 1 aromatic carbocycles. The van der Waals surface area contributed by atoms with Crippen molar-refractivity contribution in [3.8, 4) is 17.4 Å². The van der Waals surface area contributed by atoms with Gasteiger partial charge in [0, 0.05) is 56.9 Å². The molecule has 2 amide bonds. The van der Waals surface area contributed by atoms with Crippen molar-refractivity contribution in [3.63, 3.8) is 0 Å². The van der Waals surface area contributed by atoms with Crippen LogP contribution in [0.5, 0.6) is 17.4 Å². The van der Waals surface area contributed by atoms with E-state index < -0.39 is 0 Å². The van der Waals surface area contributed by atoms with E-state index in [0.717, 1.165) is 32.4 Å². The third kappa shape index (κ3) is 5.57. The number of aromatic nitrogens is 4. The quantitative estimate of drug-likeness (QED) is 0.550. The third-order valence-corrected chi connectivity index (χ3v) is 5.78. The van der Waals surface area contributed by atoms with Gasteiger partial charge in [-0.25, -0.2) is 9.97 Å². The Bertz CT molecular complexity index is 1200. The lowest BCUT2D eigenvalue weighted by Crippen LogP contribution is -2.42. The molecule has 5 rings (SSSR count). The molecule has 2 aliphatic rings. The van der Waals surface area contributed by atoms with Crippen molar-refractivity contribution in [1.29, 1.82) is 0 Å². The van der Waals surface area contributed by atoms with Crippen LogP contribution in [-0.4, -0.2) is 68.9 Å². The molecule has 0 spiro atoms. The Labute approximate surface area is 202 Å². The fourth-order valence-corrected chi connectivity index (χ4v) is 3.77. The maximum Gasteiger partial charge on any atom is 0.274 e. The molecule has 0 aliphatic carbocycles. The van der Waals surface area contributed by atoms with Crippen LogP contribution in [0, 0.1) is 0 Å². The van der Waals surface area contributed by atoms with Crippen LogP contribution in [0.4, 0.5) is 5.82 Å². The molecule has 0 bridgehead atoms. The average Bonchev–Trinajstić information content (AvgIpc) is 3.23. The predicted octanol–water partition coefficient (Wildman–Crippen LogP) is 2.66. The Kier molecular flexibility index (Phi) is 6.57. The third-order valence-electron chi connectivity index (χ3n) is 5.78. The molecule has 4 heterocycles. The molecule has 3 aromatic rings. The number of nitrogens with zero attached hydrogens (tertiary/aromatic N) is 5. The van der Waals surface area contributed by atoms with Crippen LogP contribution >= 0.6 is 0 Å². The highest BCUT2D eigenvalue weighted by Gasteiger charge is 2.23. The van der Waals surface area contributed by atoms with E-state index >= 15 is 0 Å². The summed E-state index contributed by atoms with van der Waals surface area (Å²) in [6.45, 7) is 2.74. The number of anilines is 1. The SMILES string of the molecule is Cn1ccc(NC(=O)c2cc(Oc3cnc(C(=O)N4CCC4)cn3)cc(OC3CCOCC3)c2)n1. The van der Waals surface area contributed by atoms with E-state index in [0.29, 0.717) is 36.1 Å². The van der Waals surface area contributed by atoms with Crippen LogP contribution in [0.3, 0.4) is 0 Å². The summed E-state index contributed by atoms with van der Waals surface area (Å²) in [5, 5.41) is 6.96. The molecule has 182 valence electrons. The van der Waals surface area contributed by atoms with Gasteiger partial charge in [-0.1, -0.05) is 0 Å². The highest BCUT2D eigenvalue weighted by Crippen LogP contribution is 2.29. The Morgan fingerprint density at radius 3 is 2.54 bits per heavy atom. The normalized spacial score (nSPS) is 15.9. The first-order valence-corrected chi connectivity index (χ1v) is 11.5. The Morgan fingerprint density at radius 2 is 1.89 bits per heavy atom. The van der Waals surface area contributed by atoms with E-state index in [9.17, 15) is 9.59 Å². The number of aryl methyl sites for hydroxylation is 1. The molecule has 2 aromatic heterocycles.